The van der Waals surface area contributed by atoms with Gasteiger partial charge in [0.25, 0.3) is 5.91 Å². The van der Waals surface area contributed by atoms with Gasteiger partial charge in [-0.25, -0.2) is 4.98 Å². The first-order valence-electron chi connectivity index (χ1n) is 8.57. The van der Waals surface area contributed by atoms with Gasteiger partial charge in [0, 0.05) is 24.7 Å². The number of anilines is 1. The van der Waals surface area contributed by atoms with Crippen LogP contribution in [0, 0.1) is 0 Å². The fourth-order valence-electron chi connectivity index (χ4n) is 3.58. The Morgan fingerprint density at radius 2 is 1.80 bits per heavy atom. The Bertz CT molecular complexity index is 902. The second-order valence-electron chi connectivity index (χ2n) is 6.46. The van der Waals surface area contributed by atoms with E-state index >= 15 is 0 Å². The molecule has 0 aliphatic carbocycles. The molecule has 2 N–H and O–H groups in total. The molecule has 0 spiro atoms. The van der Waals surface area contributed by atoms with Crippen molar-refractivity contribution in [1.29, 1.82) is 0 Å². The molecule has 0 saturated carbocycles. The Hall–Kier alpha value is -2.95. The zero-order chi connectivity index (χ0) is 17.2. The van der Waals surface area contributed by atoms with Crippen LogP contribution < -0.4 is 10.6 Å². The van der Waals surface area contributed by atoms with Crippen molar-refractivity contribution in [3.05, 3.63) is 66.1 Å². The van der Waals surface area contributed by atoms with E-state index < -0.39 is 5.91 Å². The van der Waals surface area contributed by atoms with E-state index in [4.69, 9.17) is 5.73 Å². The lowest BCUT2D eigenvalue weighted by Crippen LogP contribution is -2.33. The van der Waals surface area contributed by atoms with Crippen LogP contribution in [0.4, 0.5) is 5.69 Å². The lowest BCUT2D eigenvalue weighted by Gasteiger charge is -2.34. The number of primary amides is 1. The molecular weight excluding hydrogens is 312 g/mol. The molecule has 1 amide bonds. The van der Waals surface area contributed by atoms with Gasteiger partial charge < -0.3 is 10.6 Å². The second kappa shape index (κ2) is 6.51. The molecule has 0 atom stereocenters. The Balaban J connectivity index is 1.60. The number of piperidine rings is 1. The molecule has 3 aromatic rings. The van der Waals surface area contributed by atoms with Gasteiger partial charge in [0.1, 0.15) is 5.69 Å². The molecule has 1 aromatic carbocycles. The molecule has 5 nitrogen and oxygen atoms in total. The molecule has 0 unspecified atom stereocenters. The minimum Gasteiger partial charge on any atom is -0.368 e. The maximum Gasteiger partial charge on any atom is 0.267 e. The number of rotatable bonds is 3. The predicted molar refractivity (Wildman–Crippen MR) is 98.7 cm³/mol. The summed E-state index contributed by atoms with van der Waals surface area (Å²) >= 11 is 0. The van der Waals surface area contributed by atoms with Crippen molar-refractivity contribution in [2.45, 2.75) is 18.8 Å². The summed E-state index contributed by atoms with van der Waals surface area (Å²) in [5.74, 6) is 0.0852. The van der Waals surface area contributed by atoms with Crippen LogP contribution in [0.2, 0.25) is 0 Å². The van der Waals surface area contributed by atoms with Gasteiger partial charge in [-0.15, -0.1) is 0 Å². The molecule has 5 heteroatoms. The summed E-state index contributed by atoms with van der Waals surface area (Å²) < 4.78 is 0. The Morgan fingerprint density at radius 3 is 2.52 bits per heavy atom. The number of pyridine rings is 2. The molecule has 25 heavy (non-hydrogen) atoms. The lowest BCUT2D eigenvalue weighted by molar-refractivity contribution is 0.0996. The van der Waals surface area contributed by atoms with Crippen molar-refractivity contribution in [2.24, 2.45) is 5.73 Å². The maximum atomic E-state index is 11.5. The van der Waals surface area contributed by atoms with Crippen molar-refractivity contribution in [3.8, 4) is 0 Å². The summed E-state index contributed by atoms with van der Waals surface area (Å²) in [6, 6.07) is 14.2. The molecule has 3 heterocycles. The fraction of sp³-hybridized carbons (Fsp3) is 0.250. The summed E-state index contributed by atoms with van der Waals surface area (Å²) in [5.41, 5.74) is 8.86. The molecule has 1 fully saturated rings. The van der Waals surface area contributed by atoms with Crippen LogP contribution in [0.5, 0.6) is 0 Å². The van der Waals surface area contributed by atoms with E-state index in [0.29, 0.717) is 11.6 Å². The smallest absolute Gasteiger partial charge is 0.267 e. The Kier molecular flexibility index (Phi) is 4.06. The number of fused-ring (bicyclic) bond motifs is 1. The number of aromatic nitrogens is 2. The summed E-state index contributed by atoms with van der Waals surface area (Å²) in [6.45, 7) is 1.89. The van der Waals surface area contributed by atoms with E-state index in [0.717, 1.165) is 42.5 Å². The Morgan fingerprint density at radius 1 is 1.04 bits per heavy atom. The van der Waals surface area contributed by atoms with Gasteiger partial charge in [-0.2, -0.15) is 0 Å². The highest BCUT2D eigenvalue weighted by atomic mass is 16.1. The van der Waals surface area contributed by atoms with Gasteiger partial charge in [-0.05, 0) is 36.5 Å². The van der Waals surface area contributed by atoms with Crippen LogP contribution in [0.15, 0.2) is 54.9 Å². The average molecular weight is 332 g/mol. The summed E-state index contributed by atoms with van der Waals surface area (Å²) in [5, 5.41) is 0.924. The molecule has 0 radical (unpaired) electrons. The average Bonchev–Trinajstić information content (AvgIpc) is 2.68. The van der Waals surface area contributed by atoms with E-state index in [1.54, 1.807) is 12.3 Å². The second-order valence-corrected chi connectivity index (χ2v) is 6.46. The van der Waals surface area contributed by atoms with Crippen molar-refractivity contribution in [1.82, 2.24) is 9.97 Å². The molecule has 0 bridgehead atoms. The first-order valence-corrected chi connectivity index (χ1v) is 8.57. The minimum atomic E-state index is -0.507. The van der Waals surface area contributed by atoms with Crippen molar-refractivity contribution < 1.29 is 4.79 Å². The highest BCUT2D eigenvalue weighted by Crippen LogP contribution is 2.32. The standard InChI is InChI=1S/C20H20N4O/c21-20(25)17-7-6-16-12-22-13-18(19(16)23-17)24-10-8-15(9-11-24)14-4-2-1-3-5-14/h1-7,12-13,15H,8-11H2,(H2,21,25). The predicted octanol–water partition coefficient (Wildman–Crippen LogP) is 3.11. The van der Waals surface area contributed by atoms with E-state index in [1.807, 2.05) is 12.3 Å². The van der Waals surface area contributed by atoms with Crippen LogP contribution in [0.1, 0.15) is 34.8 Å². The van der Waals surface area contributed by atoms with Crippen LogP contribution in [-0.2, 0) is 0 Å². The van der Waals surface area contributed by atoms with Crippen LogP contribution >= 0.6 is 0 Å². The number of carbonyl (C=O) groups excluding carboxylic acids is 1. The number of nitrogens with two attached hydrogens (primary N) is 1. The third-order valence-corrected chi connectivity index (χ3v) is 4.94. The quantitative estimate of drug-likeness (QED) is 0.800. The fourth-order valence-corrected chi connectivity index (χ4v) is 3.58. The highest BCUT2D eigenvalue weighted by molar-refractivity contribution is 5.96. The van der Waals surface area contributed by atoms with Gasteiger partial charge in [-0.1, -0.05) is 30.3 Å². The molecule has 1 aliphatic rings. The van der Waals surface area contributed by atoms with Crippen molar-refractivity contribution in [3.63, 3.8) is 0 Å². The van der Waals surface area contributed by atoms with Gasteiger partial charge in [0.05, 0.1) is 17.4 Å². The van der Waals surface area contributed by atoms with Gasteiger partial charge >= 0.3 is 0 Å². The zero-order valence-corrected chi connectivity index (χ0v) is 13.9. The van der Waals surface area contributed by atoms with Crippen LogP contribution in [0.25, 0.3) is 10.9 Å². The first kappa shape index (κ1) is 15.6. The molecule has 1 saturated heterocycles. The number of hydrogen-bond acceptors (Lipinski definition) is 4. The number of benzene rings is 1. The molecular formula is C20H20N4O. The number of carbonyl (C=O) groups is 1. The third kappa shape index (κ3) is 3.05. The van der Waals surface area contributed by atoms with E-state index in [9.17, 15) is 4.79 Å². The topological polar surface area (TPSA) is 72.1 Å². The molecule has 4 rings (SSSR count). The number of hydrogen-bond donors (Lipinski definition) is 1. The SMILES string of the molecule is NC(=O)c1ccc2cncc(N3CCC(c4ccccc4)CC3)c2n1. The summed E-state index contributed by atoms with van der Waals surface area (Å²) in [4.78, 5) is 22.6. The zero-order valence-electron chi connectivity index (χ0n) is 13.9. The minimum absolute atomic E-state index is 0.291. The van der Waals surface area contributed by atoms with Crippen molar-refractivity contribution in [2.75, 3.05) is 18.0 Å². The highest BCUT2D eigenvalue weighted by Gasteiger charge is 2.22. The van der Waals surface area contributed by atoms with Crippen molar-refractivity contribution >= 4 is 22.5 Å². The molecule has 1 aliphatic heterocycles. The summed E-state index contributed by atoms with van der Waals surface area (Å²) in [7, 11) is 0. The van der Waals surface area contributed by atoms with Gasteiger partial charge in [0.15, 0.2) is 0 Å². The third-order valence-electron chi connectivity index (χ3n) is 4.94. The largest absolute Gasteiger partial charge is 0.368 e. The number of amides is 1. The lowest BCUT2D eigenvalue weighted by atomic mass is 9.89. The number of nitrogens with zero attached hydrogens (tertiary/aromatic N) is 3. The van der Waals surface area contributed by atoms with E-state index in [1.165, 1.54) is 5.56 Å². The van der Waals surface area contributed by atoms with Gasteiger partial charge in [-0.3, -0.25) is 9.78 Å². The Labute approximate surface area is 146 Å². The molecule has 126 valence electrons. The van der Waals surface area contributed by atoms with E-state index in [-0.39, 0.29) is 0 Å². The van der Waals surface area contributed by atoms with Gasteiger partial charge in [0.2, 0.25) is 0 Å². The normalized spacial score (nSPS) is 15.4. The monoisotopic (exact) mass is 332 g/mol. The first-order chi connectivity index (χ1) is 12.2. The summed E-state index contributed by atoms with van der Waals surface area (Å²) in [6.07, 6.45) is 5.79. The van der Waals surface area contributed by atoms with Crippen LogP contribution in [0.3, 0.4) is 0 Å². The van der Waals surface area contributed by atoms with E-state index in [2.05, 4.69) is 45.2 Å². The maximum absolute atomic E-state index is 11.5. The molecule has 2 aromatic heterocycles. The van der Waals surface area contributed by atoms with Crippen LogP contribution in [-0.4, -0.2) is 29.0 Å².